The van der Waals surface area contributed by atoms with E-state index in [1.54, 1.807) is 30.3 Å². The predicted octanol–water partition coefficient (Wildman–Crippen LogP) is 4.49. The molecule has 0 saturated carbocycles. The average molecular weight is 397 g/mol. The van der Waals surface area contributed by atoms with Crippen LogP contribution in [0.15, 0.2) is 42.5 Å². The average Bonchev–Trinajstić information content (AvgIpc) is 3.14. The van der Waals surface area contributed by atoms with Gasteiger partial charge >= 0.3 is 0 Å². The van der Waals surface area contributed by atoms with E-state index < -0.39 is 0 Å². The van der Waals surface area contributed by atoms with Gasteiger partial charge in [0.25, 0.3) is 0 Å². The van der Waals surface area contributed by atoms with E-state index in [0.717, 1.165) is 29.2 Å². The van der Waals surface area contributed by atoms with Gasteiger partial charge in [0.15, 0.2) is 10.9 Å². The second kappa shape index (κ2) is 7.67. The summed E-state index contributed by atoms with van der Waals surface area (Å²) >= 11 is 1.45. The van der Waals surface area contributed by atoms with Crippen LogP contribution in [0, 0.1) is 11.7 Å². The number of aromatic nitrogens is 1. The molecule has 0 bridgehead atoms. The molecule has 2 aromatic carbocycles. The van der Waals surface area contributed by atoms with Gasteiger partial charge in [0.2, 0.25) is 5.91 Å². The van der Waals surface area contributed by atoms with Crippen molar-refractivity contribution in [2.24, 2.45) is 5.92 Å². The Kier molecular flexibility index (Phi) is 5.09. The molecule has 3 aromatic rings. The number of piperidine rings is 1. The maximum atomic E-state index is 13.9. The molecule has 1 aliphatic rings. The molecule has 5 nitrogen and oxygen atoms in total. The number of ketones is 1. The highest BCUT2D eigenvalue weighted by atomic mass is 32.1. The van der Waals surface area contributed by atoms with E-state index in [0.29, 0.717) is 23.3 Å². The van der Waals surface area contributed by atoms with Gasteiger partial charge in [-0.2, -0.15) is 0 Å². The van der Waals surface area contributed by atoms with Crippen molar-refractivity contribution in [3.63, 3.8) is 0 Å². The quantitative estimate of drug-likeness (QED) is 0.659. The number of carbonyl (C=O) groups is 2. The van der Waals surface area contributed by atoms with Crippen molar-refractivity contribution in [1.82, 2.24) is 4.98 Å². The number of amides is 1. The molecular weight excluding hydrogens is 377 g/mol. The number of fused-ring (bicyclic) bond motifs is 1. The van der Waals surface area contributed by atoms with E-state index >= 15 is 0 Å². The molecule has 4 rings (SSSR count). The summed E-state index contributed by atoms with van der Waals surface area (Å²) in [6, 6.07) is 11.9. The van der Waals surface area contributed by atoms with Gasteiger partial charge in [-0.25, -0.2) is 9.37 Å². The number of hydrogen-bond acceptors (Lipinski definition) is 5. The lowest BCUT2D eigenvalue weighted by atomic mass is 9.97. The number of nitrogens with zero attached hydrogens (tertiary/aromatic N) is 2. The molecule has 0 aliphatic carbocycles. The molecule has 1 aromatic heterocycles. The monoisotopic (exact) mass is 397 g/mol. The number of para-hydroxylation sites is 1. The second-order valence-electron chi connectivity index (χ2n) is 6.99. The minimum absolute atomic E-state index is 0.00642. The van der Waals surface area contributed by atoms with Crippen LogP contribution in [0.2, 0.25) is 0 Å². The third-order valence-electron chi connectivity index (χ3n) is 4.98. The summed E-state index contributed by atoms with van der Waals surface area (Å²) in [5.74, 6) is -0.543. The van der Waals surface area contributed by atoms with Crippen LogP contribution in [0.4, 0.5) is 15.2 Å². The van der Waals surface area contributed by atoms with Gasteiger partial charge in [-0.1, -0.05) is 17.4 Å². The molecule has 1 atom stereocenters. The number of carbonyl (C=O) groups excluding carboxylic acids is 2. The zero-order valence-corrected chi connectivity index (χ0v) is 16.3. The zero-order valence-electron chi connectivity index (χ0n) is 15.4. The lowest BCUT2D eigenvalue weighted by Crippen LogP contribution is -2.40. The van der Waals surface area contributed by atoms with Crippen LogP contribution < -0.4 is 10.2 Å². The van der Waals surface area contributed by atoms with Crippen molar-refractivity contribution >= 4 is 44.1 Å². The van der Waals surface area contributed by atoms with Crippen molar-refractivity contribution < 1.29 is 14.0 Å². The summed E-state index contributed by atoms with van der Waals surface area (Å²) in [4.78, 5) is 30.6. The number of anilines is 2. The van der Waals surface area contributed by atoms with Gasteiger partial charge in [-0.05, 0) is 56.2 Å². The number of Topliss-reactive ketones (excluding diaryl/α,β-unsaturated/α-hetero) is 1. The van der Waals surface area contributed by atoms with Crippen LogP contribution in [0.25, 0.3) is 10.2 Å². The Balaban J connectivity index is 1.46. The lowest BCUT2D eigenvalue weighted by Gasteiger charge is -2.31. The third kappa shape index (κ3) is 3.75. The maximum Gasteiger partial charge on any atom is 0.229 e. The summed E-state index contributed by atoms with van der Waals surface area (Å²) < 4.78 is 14.7. The normalized spacial score (nSPS) is 16.9. The Bertz CT molecular complexity index is 1030. The lowest BCUT2D eigenvalue weighted by molar-refractivity contribution is -0.120. The fourth-order valence-corrected chi connectivity index (χ4v) is 4.45. The highest BCUT2D eigenvalue weighted by molar-refractivity contribution is 7.22. The summed E-state index contributed by atoms with van der Waals surface area (Å²) in [7, 11) is 0. The molecular formula is C21H20FN3O2S. The fraction of sp³-hybridized carbons (Fsp3) is 0.286. The van der Waals surface area contributed by atoms with Crippen LogP contribution >= 0.6 is 11.3 Å². The van der Waals surface area contributed by atoms with Crippen LogP contribution in [-0.4, -0.2) is 29.8 Å². The van der Waals surface area contributed by atoms with Gasteiger partial charge in [-0.3, -0.25) is 9.59 Å². The maximum absolute atomic E-state index is 13.9. The molecule has 1 saturated heterocycles. The highest BCUT2D eigenvalue weighted by Crippen LogP contribution is 2.32. The number of benzene rings is 2. The van der Waals surface area contributed by atoms with Crippen molar-refractivity contribution in [3.05, 3.63) is 53.8 Å². The SMILES string of the molecule is CC(=O)c1ccc(NC(=O)C2CCCN(c3nc4c(F)cccc4s3)C2)cc1. The van der Waals surface area contributed by atoms with Crippen LogP contribution in [0.1, 0.15) is 30.1 Å². The zero-order chi connectivity index (χ0) is 19.7. The van der Waals surface area contributed by atoms with Crippen molar-refractivity contribution in [1.29, 1.82) is 0 Å². The first-order valence-corrected chi connectivity index (χ1v) is 10.0. The number of thiazole rings is 1. The Morgan fingerprint density at radius 2 is 2.00 bits per heavy atom. The second-order valence-corrected chi connectivity index (χ2v) is 8.00. The molecule has 1 amide bonds. The summed E-state index contributed by atoms with van der Waals surface area (Å²) in [5.41, 5.74) is 1.68. The molecule has 144 valence electrons. The molecule has 2 heterocycles. The van der Waals surface area contributed by atoms with Crippen LogP contribution in [0.5, 0.6) is 0 Å². The van der Waals surface area contributed by atoms with Crippen molar-refractivity contribution in [2.75, 3.05) is 23.3 Å². The minimum Gasteiger partial charge on any atom is -0.347 e. The van der Waals surface area contributed by atoms with E-state index in [2.05, 4.69) is 15.2 Å². The van der Waals surface area contributed by atoms with Crippen molar-refractivity contribution in [2.45, 2.75) is 19.8 Å². The van der Waals surface area contributed by atoms with Gasteiger partial charge in [0.05, 0.1) is 10.6 Å². The minimum atomic E-state index is -0.319. The van der Waals surface area contributed by atoms with E-state index in [1.807, 2.05) is 6.07 Å². The molecule has 0 spiro atoms. The third-order valence-corrected chi connectivity index (χ3v) is 6.06. The van der Waals surface area contributed by atoms with E-state index in [9.17, 15) is 14.0 Å². The molecule has 1 aliphatic heterocycles. The standard InChI is InChI=1S/C21H20FN3O2S/c1-13(26)14-7-9-16(10-8-14)23-20(27)15-4-3-11-25(12-15)21-24-19-17(22)5-2-6-18(19)28-21/h2,5-10,15H,3-4,11-12H2,1H3,(H,23,27). The Hall–Kier alpha value is -2.80. The molecule has 1 unspecified atom stereocenters. The predicted molar refractivity (Wildman–Crippen MR) is 110 cm³/mol. The summed E-state index contributed by atoms with van der Waals surface area (Å²) in [6.45, 7) is 2.87. The largest absolute Gasteiger partial charge is 0.347 e. The summed E-state index contributed by atoms with van der Waals surface area (Å²) in [5, 5.41) is 3.68. The Morgan fingerprint density at radius 3 is 2.71 bits per heavy atom. The molecule has 7 heteroatoms. The van der Waals surface area contributed by atoms with Gasteiger partial charge in [-0.15, -0.1) is 0 Å². The van der Waals surface area contributed by atoms with Gasteiger partial charge < -0.3 is 10.2 Å². The van der Waals surface area contributed by atoms with Crippen LogP contribution in [-0.2, 0) is 4.79 Å². The first kappa shape index (κ1) is 18.6. The highest BCUT2D eigenvalue weighted by Gasteiger charge is 2.27. The van der Waals surface area contributed by atoms with Crippen LogP contribution in [0.3, 0.4) is 0 Å². The number of hydrogen-bond donors (Lipinski definition) is 1. The molecule has 0 radical (unpaired) electrons. The van der Waals surface area contributed by atoms with Crippen molar-refractivity contribution in [3.8, 4) is 0 Å². The molecule has 28 heavy (non-hydrogen) atoms. The van der Waals surface area contributed by atoms with E-state index in [4.69, 9.17) is 0 Å². The number of rotatable bonds is 4. The molecule has 1 fully saturated rings. The Labute approximate surface area is 166 Å². The van der Waals surface area contributed by atoms with E-state index in [1.165, 1.54) is 24.3 Å². The number of nitrogens with one attached hydrogen (secondary N) is 1. The van der Waals surface area contributed by atoms with Gasteiger partial charge in [0.1, 0.15) is 11.3 Å². The van der Waals surface area contributed by atoms with E-state index in [-0.39, 0.29) is 23.4 Å². The fourth-order valence-electron chi connectivity index (χ4n) is 3.44. The topological polar surface area (TPSA) is 62.3 Å². The van der Waals surface area contributed by atoms with Gasteiger partial charge in [0, 0.05) is 24.3 Å². The smallest absolute Gasteiger partial charge is 0.229 e. The molecule has 1 N–H and O–H groups in total. The Morgan fingerprint density at radius 1 is 1.21 bits per heavy atom. The summed E-state index contributed by atoms with van der Waals surface area (Å²) in [6.07, 6.45) is 1.67. The first-order valence-electron chi connectivity index (χ1n) is 9.23. The first-order chi connectivity index (χ1) is 13.5. The number of halogens is 1.